The van der Waals surface area contributed by atoms with E-state index < -0.39 is 6.04 Å². The van der Waals surface area contributed by atoms with Crippen LogP contribution in [0.2, 0.25) is 0 Å². The molecule has 2 heterocycles. The summed E-state index contributed by atoms with van der Waals surface area (Å²) in [6, 6.07) is 12.2. The lowest BCUT2D eigenvalue weighted by atomic mass is 9.94. The average molecular weight is 447 g/mol. The molecule has 0 radical (unpaired) electrons. The van der Waals surface area contributed by atoms with Gasteiger partial charge in [0.25, 0.3) is 5.91 Å². The molecule has 0 aliphatic carbocycles. The van der Waals surface area contributed by atoms with Crippen molar-refractivity contribution in [3.05, 3.63) is 78.3 Å². The molecule has 1 aromatic heterocycles. The third-order valence-corrected chi connectivity index (χ3v) is 5.26. The van der Waals surface area contributed by atoms with E-state index in [9.17, 15) is 4.79 Å². The number of hydrogen-bond donors (Lipinski definition) is 2. The molecular formula is C24H25N5O4. The van der Waals surface area contributed by atoms with Crippen molar-refractivity contribution in [1.82, 2.24) is 14.8 Å². The molecular weight excluding hydrogens is 422 g/mol. The van der Waals surface area contributed by atoms with E-state index in [0.29, 0.717) is 46.8 Å². The number of benzene rings is 2. The second kappa shape index (κ2) is 9.47. The predicted molar refractivity (Wildman–Crippen MR) is 125 cm³/mol. The van der Waals surface area contributed by atoms with Crippen LogP contribution in [0.3, 0.4) is 0 Å². The molecule has 0 unspecified atom stereocenters. The monoisotopic (exact) mass is 447 g/mol. The summed E-state index contributed by atoms with van der Waals surface area (Å²) in [7, 11) is 3.11. The largest absolute Gasteiger partial charge is 0.497 e. The van der Waals surface area contributed by atoms with Gasteiger partial charge in [0, 0.05) is 17.3 Å². The zero-order valence-electron chi connectivity index (χ0n) is 18.7. The Hall–Kier alpha value is -4.27. The van der Waals surface area contributed by atoms with E-state index in [-0.39, 0.29) is 5.91 Å². The molecule has 1 aliphatic heterocycles. The zero-order chi connectivity index (χ0) is 23.4. The van der Waals surface area contributed by atoms with Gasteiger partial charge in [0.05, 0.1) is 25.5 Å². The first-order chi connectivity index (χ1) is 16.1. The van der Waals surface area contributed by atoms with Crippen LogP contribution in [0.5, 0.6) is 17.2 Å². The van der Waals surface area contributed by atoms with Crippen molar-refractivity contribution in [2.24, 2.45) is 0 Å². The van der Waals surface area contributed by atoms with E-state index >= 15 is 0 Å². The third kappa shape index (κ3) is 4.25. The standard InChI is InChI=1S/C24H25N5O4/c1-5-12-33-19-9-7-6-8-17(19)22-21(15(2)27-24-25-14-26-29(22)24)23(30)28-18-13-16(31-3)10-11-20(18)32-4/h5-11,13-14,22H,1,12H2,2-4H3,(H,28,30)(H,25,26,27)/t22-/m1/s1. The predicted octanol–water partition coefficient (Wildman–Crippen LogP) is 3.79. The van der Waals surface area contributed by atoms with Crippen molar-refractivity contribution < 1.29 is 19.0 Å². The summed E-state index contributed by atoms with van der Waals surface area (Å²) in [6.07, 6.45) is 3.12. The smallest absolute Gasteiger partial charge is 0.255 e. The molecule has 0 saturated heterocycles. The molecule has 1 amide bonds. The van der Waals surface area contributed by atoms with E-state index in [0.717, 1.165) is 5.56 Å². The number of hydrogen-bond acceptors (Lipinski definition) is 7. The van der Waals surface area contributed by atoms with Crippen LogP contribution in [0.4, 0.5) is 11.6 Å². The minimum atomic E-state index is -0.568. The second-order valence-corrected chi connectivity index (χ2v) is 7.25. The molecule has 3 aromatic rings. The van der Waals surface area contributed by atoms with Crippen molar-refractivity contribution in [2.75, 3.05) is 31.5 Å². The normalized spacial score (nSPS) is 14.7. The van der Waals surface area contributed by atoms with Gasteiger partial charge in [-0.05, 0) is 25.1 Å². The van der Waals surface area contributed by atoms with E-state index in [1.165, 1.54) is 6.33 Å². The maximum Gasteiger partial charge on any atom is 0.255 e. The number of ether oxygens (including phenoxy) is 3. The van der Waals surface area contributed by atoms with Gasteiger partial charge in [0.2, 0.25) is 5.95 Å². The van der Waals surface area contributed by atoms with Gasteiger partial charge in [0.1, 0.15) is 36.2 Å². The first kappa shape index (κ1) is 21.9. The van der Waals surface area contributed by atoms with E-state index in [4.69, 9.17) is 14.2 Å². The number of fused-ring (bicyclic) bond motifs is 1. The molecule has 4 rings (SSSR count). The highest BCUT2D eigenvalue weighted by atomic mass is 16.5. The number of para-hydroxylation sites is 1. The number of rotatable bonds is 8. The van der Waals surface area contributed by atoms with Gasteiger partial charge in [-0.3, -0.25) is 4.79 Å². The summed E-state index contributed by atoms with van der Waals surface area (Å²) in [5.41, 5.74) is 2.38. The highest BCUT2D eigenvalue weighted by Gasteiger charge is 2.35. The maximum atomic E-state index is 13.7. The van der Waals surface area contributed by atoms with Crippen LogP contribution in [0, 0.1) is 0 Å². The topological polar surface area (TPSA) is 99.5 Å². The van der Waals surface area contributed by atoms with Crippen molar-refractivity contribution in [3.8, 4) is 17.2 Å². The summed E-state index contributed by atoms with van der Waals surface area (Å²) >= 11 is 0. The minimum absolute atomic E-state index is 0.323. The fourth-order valence-electron chi connectivity index (χ4n) is 3.76. The van der Waals surface area contributed by atoms with Crippen LogP contribution in [0.15, 0.2) is 72.7 Å². The highest BCUT2D eigenvalue weighted by molar-refractivity contribution is 6.06. The van der Waals surface area contributed by atoms with Crippen LogP contribution in [-0.4, -0.2) is 41.5 Å². The summed E-state index contributed by atoms with van der Waals surface area (Å²) < 4.78 is 18.3. The Kier molecular flexibility index (Phi) is 6.30. The highest BCUT2D eigenvalue weighted by Crippen LogP contribution is 2.39. The number of methoxy groups -OCH3 is 2. The molecule has 9 heteroatoms. The molecule has 9 nitrogen and oxygen atoms in total. The van der Waals surface area contributed by atoms with E-state index in [1.807, 2.05) is 31.2 Å². The number of anilines is 2. The fourth-order valence-corrected chi connectivity index (χ4v) is 3.76. The molecule has 0 spiro atoms. The van der Waals surface area contributed by atoms with Crippen LogP contribution >= 0.6 is 0 Å². The van der Waals surface area contributed by atoms with Gasteiger partial charge >= 0.3 is 0 Å². The van der Waals surface area contributed by atoms with Gasteiger partial charge in [-0.15, -0.1) is 0 Å². The number of aromatic nitrogens is 3. The molecule has 2 N–H and O–H groups in total. The van der Waals surface area contributed by atoms with Crippen molar-refractivity contribution in [2.45, 2.75) is 13.0 Å². The minimum Gasteiger partial charge on any atom is -0.497 e. The third-order valence-electron chi connectivity index (χ3n) is 5.26. The Morgan fingerprint density at radius 1 is 1.21 bits per heavy atom. The lowest BCUT2D eigenvalue weighted by molar-refractivity contribution is -0.113. The van der Waals surface area contributed by atoms with Gasteiger partial charge < -0.3 is 24.8 Å². The second-order valence-electron chi connectivity index (χ2n) is 7.25. The maximum absolute atomic E-state index is 13.7. The van der Waals surface area contributed by atoms with Crippen molar-refractivity contribution >= 4 is 17.5 Å². The average Bonchev–Trinajstić information content (AvgIpc) is 3.30. The van der Waals surface area contributed by atoms with Crippen molar-refractivity contribution in [1.29, 1.82) is 0 Å². The summed E-state index contributed by atoms with van der Waals surface area (Å²) in [5.74, 6) is 1.95. The van der Waals surface area contributed by atoms with Gasteiger partial charge in [-0.1, -0.05) is 30.9 Å². The van der Waals surface area contributed by atoms with Crippen LogP contribution < -0.4 is 24.8 Å². The number of carbonyl (C=O) groups excluding carboxylic acids is 1. The zero-order valence-corrected chi connectivity index (χ0v) is 18.7. The summed E-state index contributed by atoms with van der Waals surface area (Å²) in [5, 5.41) is 10.5. The number of nitrogens with one attached hydrogen (secondary N) is 2. The lowest BCUT2D eigenvalue weighted by Crippen LogP contribution is -2.31. The van der Waals surface area contributed by atoms with E-state index in [2.05, 4.69) is 27.3 Å². The first-order valence-corrected chi connectivity index (χ1v) is 10.3. The molecule has 1 aliphatic rings. The van der Waals surface area contributed by atoms with Crippen LogP contribution in [0.1, 0.15) is 18.5 Å². The molecule has 0 bridgehead atoms. The lowest BCUT2D eigenvalue weighted by Gasteiger charge is -2.29. The Balaban J connectivity index is 1.78. The Morgan fingerprint density at radius 2 is 2.03 bits per heavy atom. The van der Waals surface area contributed by atoms with E-state index in [1.54, 1.807) is 43.2 Å². The number of allylic oxidation sites excluding steroid dienone is 1. The summed E-state index contributed by atoms with van der Waals surface area (Å²) in [6.45, 7) is 5.88. The Bertz CT molecular complexity index is 1220. The van der Waals surface area contributed by atoms with Gasteiger partial charge in [-0.2, -0.15) is 10.1 Å². The number of carbonyl (C=O) groups is 1. The van der Waals surface area contributed by atoms with Crippen molar-refractivity contribution in [3.63, 3.8) is 0 Å². The molecule has 1 atom stereocenters. The van der Waals surface area contributed by atoms with Gasteiger partial charge in [-0.25, -0.2) is 4.68 Å². The summed E-state index contributed by atoms with van der Waals surface area (Å²) in [4.78, 5) is 17.9. The number of nitrogens with zero attached hydrogens (tertiary/aromatic N) is 3. The quantitative estimate of drug-likeness (QED) is 0.507. The first-order valence-electron chi connectivity index (χ1n) is 10.3. The van der Waals surface area contributed by atoms with Gasteiger partial charge in [0.15, 0.2) is 0 Å². The van der Waals surface area contributed by atoms with Crippen LogP contribution in [0.25, 0.3) is 0 Å². The molecule has 33 heavy (non-hydrogen) atoms. The SMILES string of the molecule is C=CCOc1ccccc1[C@@H]1C(C(=O)Nc2cc(OC)ccc2OC)=C(C)Nc2ncnn21. The van der Waals surface area contributed by atoms with Crippen LogP contribution in [-0.2, 0) is 4.79 Å². The molecule has 0 saturated carbocycles. The molecule has 170 valence electrons. The fraction of sp³-hybridized carbons (Fsp3) is 0.208. The molecule has 0 fully saturated rings. The number of amides is 1. The Labute approximate surface area is 191 Å². The molecule has 2 aromatic carbocycles. The Morgan fingerprint density at radius 3 is 2.79 bits per heavy atom.